The van der Waals surface area contributed by atoms with Gasteiger partial charge >= 0.3 is 5.97 Å². The number of nitrogens with two attached hydrogens (primary N) is 1. The van der Waals surface area contributed by atoms with Crippen LogP contribution in [0.4, 0.5) is 0 Å². The van der Waals surface area contributed by atoms with E-state index in [1.165, 1.54) is 0 Å². The van der Waals surface area contributed by atoms with Crippen LogP contribution in [0.3, 0.4) is 0 Å². The fourth-order valence-electron chi connectivity index (χ4n) is 1.67. The van der Waals surface area contributed by atoms with Crippen molar-refractivity contribution < 1.29 is 24.2 Å². The molecule has 1 rings (SSSR count). The van der Waals surface area contributed by atoms with E-state index in [0.29, 0.717) is 13.0 Å². The molecule has 6 heteroatoms. The third kappa shape index (κ3) is 4.41. The Kier molecular flexibility index (Phi) is 5.54. The molecule has 98 valence electrons. The van der Waals surface area contributed by atoms with Crippen molar-refractivity contribution in [3.05, 3.63) is 0 Å². The Morgan fingerprint density at radius 3 is 2.65 bits per heavy atom. The minimum Gasteiger partial charge on any atom is -0.430 e. The zero-order valence-electron chi connectivity index (χ0n) is 9.81. The summed E-state index contributed by atoms with van der Waals surface area (Å²) in [6.07, 6.45) is 2.26. The third-order valence-corrected chi connectivity index (χ3v) is 2.69. The first-order valence-corrected chi connectivity index (χ1v) is 5.80. The third-order valence-electron chi connectivity index (χ3n) is 2.69. The number of ether oxygens (including phenoxy) is 2. The maximum absolute atomic E-state index is 11.5. The quantitative estimate of drug-likeness (QED) is 0.625. The molecule has 0 amide bonds. The van der Waals surface area contributed by atoms with Crippen molar-refractivity contribution >= 4 is 11.8 Å². The molecule has 0 aromatic heterocycles. The van der Waals surface area contributed by atoms with Gasteiger partial charge in [0.15, 0.2) is 0 Å². The lowest BCUT2D eigenvalue weighted by atomic mass is 10.1. The highest BCUT2D eigenvalue weighted by Crippen LogP contribution is 2.26. The van der Waals surface area contributed by atoms with Crippen molar-refractivity contribution in [3.63, 3.8) is 0 Å². The zero-order chi connectivity index (χ0) is 12.7. The van der Waals surface area contributed by atoms with Gasteiger partial charge in [-0.15, -0.1) is 0 Å². The lowest BCUT2D eigenvalue weighted by Crippen LogP contribution is -2.44. The van der Waals surface area contributed by atoms with Crippen molar-refractivity contribution in [2.24, 2.45) is 5.73 Å². The summed E-state index contributed by atoms with van der Waals surface area (Å²) >= 11 is 0. The van der Waals surface area contributed by atoms with Gasteiger partial charge in [-0.05, 0) is 12.8 Å². The number of carbonyl (C=O) groups excluding carboxylic acids is 2. The van der Waals surface area contributed by atoms with Crippen LogP contribution >= 0.6 is 0 Å². The van der Waals surface area contributed by atoms with Crippen molar-refractivity contribution in [1.29, 1.82) is 0 Å². The van der Waals surface area contributed by atoms with Crippen LogP contribution in [-0.4, -0.2) is 42.4 Å². The van der Waals surface area contributed by atoms with Crippen LogP contribution in [0.1, 0.15) is 32.1 Å². The predicted octanol–water partition coefficient (Wildman–Crippen LogP) is -0.273. The first kappa shape index (κ1) is 14.1. The van der Waals surface area contributed by atoms with Gasteiger partial charge in [-0.3, -0.25) is 9.59 Å². The fraction of sp³-hybridized carbons (Fsp3) is 0.818. The number of esters is 1. The molecule has 0 saturated carbocycles. The molecule has 1 aliphatic heterocycles. The van der Waals surface area contributed by atoms with Gasteiger partial charge in [0.2, 0.25) is 5.79 Å². The molecule has 0 radical (unpaired) electrons. The van der Waals surface area contributed by atoms with Crippen molar-refractivity contribution in [1.82, 2.24) is 0 Å². The molecule has 0 aromatic rings. The number of aliphatic hydroxyl groups excluding tert-OH is 1. The second-order valence-corrected chi connectivity index (χ2v) is 4.09. The number of rotatable bonds is 6. The molecule has 3 N–H and O–H groups in total. The van der Waals surface area contributed by atoms with Crippen LogP contribution in [0.25, 0.3) is 0 Å². The summed E-state index contributed by atoms with van der Waals surface area (Å²) in [5.74, 6) is -1.94. The number of carbonyl (C=O) groups is 2. The van der Waals surface area contributed by atoms with Crippen LogP contribution in [-0.2, 0) is 19.1 Å². The molecule has 1 heterocycles. The molecule has 6 nitrogen and oxygen atoms in total. The molecule has 1 saturated heterocycles. The molecule has 0 bridgehead atoms. The number of aliphatic hydroxyl groups is 1. The van der Waals surface area contributed by atoms with E-state index in [2.05, 4.69) is 0 Å². The van der Waals surface area contributed by atoms with E-state index >= 15 is 0 Å². The van der Waals surface area contributed by atoms with Gasteiger partial charge in [-0.25, -0.2) is 0 Å². The van der Waals surface area contributed by atoms with Crippen LogP contribution in [0.2, 0.25) is 0 Å². The minimum absolute atomic E-state index is 0.0266. The van der Waals surface area contributed by atoms with Gasteiger partial charge in [0.25, 0.3) is 0 Å². The van der Waals surface area contributed by atoms with Gasteiger partial charge in [0.1, 0.15) is 12.4 Å². The van der Waals surface area contributed by atoms with Crippen LogP contribution in [0, 0.1) is 0 Å². The topological polar surface area (TPSA) is 98.9 Å². The van der Waals surface area contributed by atoms with Crippen LogP contribution in [0.5, 0.6) is 0 Å². The van der Waals surface area contributed by atoms with Crippen molar-refractivity contribution in [2.75, 3.05) is 19.8 Å². The summed E-state index contributed by atoms with van der Waals surface area (Å²) in [6.45, 7) is 0.0358. The SMILES string of the molecule is NCC(=O)CCC(=O)OC1(CO)CCCCO1. The standard InChI is InChI=1S/C11H19NO5/c12-7-9(14)3-4-10(15)17-11(8-13)5-1-2-6-16-11/h13H,1-8,12H2. The Bertz CT molecular complexity index is 273. The Morgan fingerprint density at radius 2 is 2.12 bits per heavy atom. The summed E-state index contributed by atoms with van der Waals surface area (Å²) in [5.41, 5.74) is 5.13. The molecule has 0 aromatic carbocycles. The molecule has 17 heavy (non-hydrogen) atoms. The maximum Gasteiger partial charge on any atom is 0.308 e. The zero-order valence-corrected chi connectivity index (χ0v) is 9.81. The smallest absolute Gasteiger partial charge is 0.308 e. The summed E-state index contributed by atoms with van der Waals surface area (Å²) in [4.78, 5) is 22.4. The van der Waals surface area contributed by atoms with Gasteiger partial charge in [-0.1, -0.05) is 0 Å². The first-order valence-electron chi connectivity index (χ1n) is 5.80. The predicted molar refractivity (Wildman–Crippen MR) is 59.0 cm³/mol. The van der Waals surface area contributed by atoms with Gasteiger partial charge < -0.3 is 20.3 Å². The number of ketones is 1. The molecule has 1 atom stereocenters. The Morgan fingerprint density at radius 1 is 1.35 bits per heavy atom. The largest absolute Gasteiger partial charge is 0.430 e. The minimum atomic E-state index is -1.21. The molecular weight excluding hydrogens is 226 g/mol. The number of Topliss-reactive ketones (excluding diaryl/α,β-unsaturated/α-hetero) is 1. The molecule has 0 spiro atoms. The number of hydrogen-bond donors (Lipinski definition) is 2. The maximum atomic E-state index is 11.5. The summed E-state index contributed by atoms with van der Waals surface area (Å²) in [7, 11) is 0. The van der Waals surface area contributed by atoms with E-state index in [9.17, 15) is 14.7 Å². The monoisotopic (exact) mass is 245 g/mol. The summed E-state index contributed by atoms with van der Waals surface area (Å²) in [5, 5.41) is 9.22. The highest BCUT2D eigenvalue weighted by atomic mass is 16.7. The van der Waals surface area contributed by atoms with E-state index in [0.717, 1.165) is 12.8 Å². The Labute approximate surface area is 100 Å². The highest BCUT2D eigenvalue weighted by Gasteiger charge is 2.36. The van der Waals surface area contributed by atoms with Gasteiger partial charge in [0, 0.05) is 12.8 Å². The average Bonchev–Trinajstić information content (AvgIpc) is 2.37. The lowest BCUT2D eigenvalue weighted by molar-refractivity contribution is -0.260. The molecule has 1 aliphatic rings. The summed E-state index contributed by atoms with van der Waals surface area (Å²) in [6, 6.07) is 0. The normalized spacial score (nSPS) is 24.4. The molecular formula is C11H19NO5. The molecule has 1 fully saturated rings. The second-order valence-electron chi connectivity index (χ2n) is 4.09. The second kappa shape index (κ2) is 6.68. The molecule has 0 aliphatic carbocycles. The van der Waals surface area contributed by atoms with E-state index in [4.69, 9.17) is 15.2 Å². The fourth-order valence-corrected chi connectivity index (χ4v) is 1.67. The van der Waals surface area contributed by atoms with Crippen LogP contribution < -0.4 is 5.73 Å². The van der Waals surface area contributed by atoms with E-state index in [-0.39, 0.29) is 31.8 Å². The Balaban J connectivity index is 2.39. The molecule has 1 unspecified atom stereocenters. The van der Waals surface area contributed by atoms with E-state index < -0.39 is 11.8 Å². The van der Waals surface area contributed by atoms with Crippen LogP contribution in [0.15, 0.2) is 0 Å². The van der Waals surface area contributed by atoms with E-state index in [1.54, 1.807) is 0 Å². The lowest BCUT2D eigenvalue weighted by Gasteiger charge is -2.34. The highest BCUT2D eigenvalue weighted by molar-refractivity contribution is 5.84. The van der Waals surface area contributed by atoms with E-state index in [1.807, 2.05) is 0 Å². The first-order chi connectivity index (χ1) is 8.12. The van der Waals surface area contributed by atoms with Gasteiger partial charge in [0.05, 0.1) is 19.6 Å². The van der Waals surface area contributed by atoms with Crippen molar-refractivity contribution in [2.45, 2.75) is 37.9 Å². The number of hydrogen-bond acceptors (Lipinski definition) is 6. The summed E-state index contributed by atoms with van der Waals surface area (Å²) < 4.78 is 10.4. The Hall–Kier alpha value is -0.980. The van der Waals surface area contributed by atoms with Gasteiger partial charge in [-0.2, -0.15) is 0 Å². The van der Waals surface area contributed by atoms with Crippen molar-refractivity contribution in [3.8, 4) is 0 Å². The average molecular weight is 245 g/mol.